The standard InChI is InChI=1S/C34H30BrN3O7/c1-17-8-10-20(11-9-17)36-37-31(41)25-16-23-21(12-13-22-27(23)32(42)38(44)30(22)40)28(24-14-19(35)15-26(45-2)29(24)39)34(25,33(37)43)18-6-4-3-5-7-18/h3-12,14-15,22-23,25,27-28,36,39,44H,13,16H2,1-2H3. The lowest BCUT2D eigenvalue weighted by atomic mass is 9.49. The van der Waals surface area contributed by atoms with Crippen LogP contribution in [0.4, 0.5) is 5.69 Å². The molecule has 4 amide bonds. The quantitative estimate of drug-likeness (QED) is 0.199. The highest BCUT2D eigenvalue weighted by Crippen LogP contribution is 2.65. The minimum absolute atomic E-state index is 0.0772. The van der Waals surface area contributed by atoms with Gasteiger partial charge in [0, 0.05) is 16.0 Å². The first-order valence-corrected chi connectivity index (χ1v) is 15.5. The summed E-state index contributed by atoms with van der Waals surface area (Å²) >= 11 is 3.52. The Balaban J connectivity index is 1.50. The number of carbonyl (C=O) groups excluding carboxylic acids is 4. The average molecular weight is 673 g/mol. The Kier molecular flexibility index (Phi) is 6.86. The number of hydrogen-bond donors (Lipinski definition) is 3. The lowest BCUT2D eigenvalue weighted by molar-refractivity contribution is -0.173. The zero-order valence-corrected chi connectivity index (χ0v) is 26.0. The minimum Gasteiger partial charge on any atom is -0.504 e. The molecule has 45 heavy (non-hydrogen) atoms. The van der Waals surface area contributed by atoms with Crippen LogP contribution in [0.25, 0.3) is 0 Å². The molecule has 2 heterocycles. The van der Waals surface area contributed by atoms with Crippen LogP contribution in [0, 0.1) is 30.6 Å². The number of imide groups is 2. The number of aromatic hydroxyl groups is 1. The van der Waals surface area contributed by atoms with E-state index in [4.69, 9.17) is 4.74 Å². The number of carbonyl (C=O) groups is 4. The van der Waals surface area contributed by atoms with Gasteiger partial charge >= 0.3 is 0 Å². The third kappa shape index (κ3) is 4.10. The van der Waals surface area contributed by atoms with Gasteiger partial charge in [0.2, 0.25) is 0 Å². The summed E-state index contributed by atoms with van der Waals surface area (Å²) < 4.78 is 6.08. The number of ether oxygens (including phenoxy) is 1. The largest absolute Gasteiger partial charge is 0.504 e. The zero-order chi connectivity index (χ0) is 31.8. The van der Waals surface area contributed by atoms with Gasteiger partial charge in [0.25, 0.3) is 23.6 Å². The summed E-state index contributed by atoms with van der Waals surface area (Å²) in [6.07, 6.45) is 2.08. The molecular formula is C34H30BrN3O7. The number of fused-ring (bicyclic) bond motifs is 4. The highest BCUT2D eigenvalue weighted by atomic mass is 79.9. The summed E-state index contributed by atoms with van der Waals surface area (Å²) in [5, 5.41) is 23.3. The Morgan fingerprint density at radius 1 is 0.956 bits per heavy atom. The fourth-order valence-electron chi connectivity index (χ4n) is 8.05. The maximum absolute atomic E-state index is 15.1. The molecule has 0 bridgehead atoms. The van der Waals surface area contributed by atoms with Crippen molar-refractivity contribution in [2.24, 2.45) is 23.7 Å². The molecule has 2 aliphatic heterocycles. The van der Waals surface area contributed by atoms with Gasteiger partial charge in [-0.3, -0.25) is 29.8 Å². The number of allylic oxidation sites excluding steroid dienone is 2. The Bertz CT molecular complexity index is 1790. The molecular weight excluding hydrogens is 642 g/mol. The van der Waals surface area contributed by atoms with Gasteiger partial charge in [-0.1, -0.05) is 75.6 Å². The highest BCUT2D eigenvalue weighted by Gasteiger charge is 2.70. The third-order valence-corrected chi connectivity index (χ3v) is 10.4. The van der Waals surface area contributed by atoms with Crippen LogP contribution in [0.1, 0.15) is 35.4 Å². The molecule has 3 N–H and O–H groups in total. The van der Waals surface area contributed by atoms with Gasteiger partial charge in [-0.05, 0) is 55.5 Å². The molecule has 0 spiro atoms. The van der Waals surface area contributed by atoms with Crippen LogP contribution in [0.15, 0.2) is 82.9 Å². The number of hydrogen-bond acceptors (Lipinski definition) is 8. The van der Waals surface area contributed by atoms with E-state index in [0.717, 1.165) is 10.6 Å². The van der Waals surface area contributed by atoms with Crippen molar-refractivity contribution in [3.05, 3.63) is 99.5 Å². The van der Waals surface area contributed by atoms with E-state index in [1.165, 1.54) is 7.11 Å². The van der Waals surface area contributed by atoms with E-state index in [2.05, 4.69) is 21.4 Å². The number of anilines is 1. The Labute approximate surface area is 267 Å². The minimum atomic E-state index is -1.54. The second kappa shape index (κ2) is 10.6. The van der Waals surface area contributed by atoms with Crippen LogP contribution in [0.3, 0.4) is 0 Å². The second-order valence-corrected chi connectivity index (χ2v) is 13.0. The number of hydrazine groups is 1. The molecule has 10 nitrogen and oxygen atoms in total. The lowest BCUT2D eigenvalue weighted by Crippen LogP contribution is -2.53. The number of nitrogens with one attached hydrogen (secondary N) is 1. The average Bonchev–Trinajstić information content (AvgIpc) is 3.40. The van der Waals surface area contributed by atoms with Crippen LogP contribution in [0.5, 0.6) is 11.5 Å². The number of methoxy groups -OCH3 is 1. The fourth-order valence-corrected chi connectivity index (χ4v) is 8.50. The van der Waals surface area contributed by atoms with Crippen molar-refractivity contribution in [2.75, 3.05) is 12.5 Å². The molecule has 0 aromatic heterocycles. The molecule has 230 valence electrons. The molecule has 6 atom stereocenters. The summed E-state index contributed by atoms with van der Waals surface area (Å²) in [7, 11) is 1.42. The zero-order valence-electron chi connectivity index (χ0n) is 24.4. The molecule has 3 aromatic carbocycles. The van der Waals surface area contributed by atoms with Gasteiger partial charge in [0.05, 0.1) is 36.0 Å². The number of hydroxylamine groups is 2. The van der Waals surface area contributed by atoms with E-state index >= 15 is 4.79 Å². The number of benzene rings is 3. The molecule has 2 saturated heterocycles. The van der Waals surface area contributed by atoms with E-state index in [0.29, 0.717) is 26.9 Å². The van der Waals surface area contributed by atoms with Crippen molar-refractivity contribution in [1.82, 2.24) is 10.1 Å². The van der Waals surface area contributed by atoms with Gasteiger partial charge in [-0.15, -0.1) is 0 Å². The van der Waals surface area contributed by atoms with Gasteiger partial charge in [-0.2, -0.15) is 10.1 Å². The SMILES string of the molecule is COc1cc(Br)cc(C2C3=CCC4C(=O)N(O)C(=O)C4C3CC3C(=O)N(Nc4ccc(C)cc4)C(=O)C32c2ccccc2)c1O. The molecule has 3 fully saturated rings. The summed E-state index contributed by atoms with van der Waals surface area (Å²) in [5.41, 5.74) is 4.60. The van der Waals surface area contributed by atoms with Gasteiger partial charge in [0.1, 0.15) is 0 Å². The van der Waals surface area contributed by atoms with Crippen LogP contribution in [0.2, 0.25) is 0 Å². The number of phenolic OH excluding ortho intramolecular Hbond substituents is 1. The first kappa shape index (κ1) is 29.2. The van der Waals surface area contributed by atoms with Gasteiger partial charge in [0.15, 0.2) is 11.5 Å². The van der Waals surface area contributed by atoms with Gasteiger partial charge in [-0.25, -0.2) is 0 Å². The van der Waals surface area contributed by atoms with Gasteiger partial charge < -0.3 is 9.84 Å². The summed E-state index contributed by atoms with van der Waals surface area (Å²) in [6, 6.07) is 19.6. The number of aryl methyl sites for hydroxylation is 1. The fraction of sp³-hybridized carbons (Fsp3) is 0.294. The van der Waals surface area contributed by atoms with Crippen molar-refractivity contribution in [3.63, 3.8) is 0 Å². The van der Waals surface area contributed by atoms with Crippen molar-refractivity contribution in [2.45, 2.75) is 31.1 Å². The predicted molar refractivity (Wildman–Crippen MR) is 165 cm³/mol. The highest BCUT2D eigenvalue weighted by molar-refractivity contribution is 9.10. The van der Waals surface area contributed by atoms with Crippen LogP contribution in [-0.4, -0.2) is 51.1 Å². The normalized spacial score (nSPS) is 28.9. The van der Waals surface area contributed by atoms with Crippen molar-refractivity contribution in [1.29, 1.82) is 0 Å². The summed E-state index contributed by atoms with van der Waals surface area (Å²) in [5.74, 6) is -6.75. The van der Waals surface area contributed by atoms with E-state index < -0.39 is 58.6 Å². The predicted octanol–water partition coefficient (Wildman–Crippen LogP) is 4.85. The number of halogens is 1. The first-order chi connectivity index (χ1) is 21.6. The Hall–Kier alpha value is -4.48. The van der Waals surface area contributed by atoms with Crippen molar-refractivity contribution in [3.8, 4) is 11.5 Å². The van der Waals surface area contributed by atoms with Crippen molar-refractivity contribution >= 4 is 45.2 Å². The van der Waals surface area contributed by atoms with E-state index in [9.17, 15) is 24.7 Å². The molecule has 2 aliphatic carbocycles. The topological polar surface area (TPSA) is 136 Å². The second-order valence-electron chi connectivity index (χ2n) is 12.1. The molecule has 4 aliphatic rings. The Morgan fingerprint density at radius 2 is 1.67 bits per heavy atom. The molecule has 7 rings (SSSR count). The van der Waals surface area contributed by atoms with Crippen LogP contribution >= 0.6 is 15.9 Å². The first-order valence-electron chi connectivity index (χ1n) is 14.7. The maximum atomic E-state index is 15.1. The summed E-state index contributed by atoms with van der Waals surface area (Å²) in [6.45, 7) is 1.93. The number of amides is 4. The van der Waals surface area contributed by atoms with E-state index in [1.807, 2.05) is 31.2 Å². The van der Waals surface area contributed by atoms with Crippen LogP contribution < -0.4 is 10.2 Å². The molecule has 0 radical (unpaired) electrons. The molecule has 11 heteroatoms. The summed E-state index contributed by atoms with van der Waals surface area (Å²) in [4.78, 5) is 55.9. The number of rotatable bonds is 5. The number of nitrogens with zero attached hydrogens (tertiary/aromatic N) is 2. The van der Waals surface area contributed by atoms with E-state index in [1.54, 1.807) is 48.5 Å². The van der Waals surface area contributed by atoms with E-state index in [-0.39, 0.29) is 29.4 Å². The molecule has 1 saturated carbocycles. The number of phenols is 1. The Morgan fingerprint density at radius 3 is 2.36 bits per heavy atom. The smallest absolute Gasteiger partial charge is 0.260 e. The molecule has 3 aromatic rings. The third-order valence-electron chi connectivity index (χ3n) is 9.97. The lowest BCUT2D eigenvalue weighted by Gasteiger charge is -2.50. The van der Waals surface area contributed by atoms with Crippen molar-refractivity contribution < 1.29 is 34.2 Å². The molecule has 6 unspecified atom stereocenters. The maximum Gasteiger partial charge on any atom is 0.260 e. The monoisotopic (exact) mass is 671 g/mol. The van der Waals surface area contributed by atoms with Crippen LogP contribution in [-0.2, 0) is 24.6 Å².